The average Bonchev–Trinajstić information content (AvgIpc) is 2.80. The molecule has 0 unspecified atom stereocenters. The number of hydrogen-bond donors (Lipinski definition) is 1. The lowest BCUT2D eigenvalue weighted by Gasteiger charge is -2.16. The van der Waals surface area contributed by atoms with Gasteiger partial charge in [0.1, 0.15) is 11.4 Å². The molecule has 0 bridgehead atoms. The summed E-state index contributed by atoms with van der Waals surface area (Å²) in [5, 5.41) is 10.9. The number of nitrogens with zero attached hydrogens (tertiary/aromatic N) is 5. The van der Waals surface area contributed by atoms with Crippen LogP contribution in [0.2, 0.25) is 0 Å². The van der Waals surface area contributed by atoms with Crippen molar-refractivity contribution in [2.24, 2.45) is 0 Å². The molecule has 0 saturated carbocycles. The first kappa shape index (κ1) is 14.8. The summed E-state index contributed by atoms with van der Waals surface area (Å²) in [6, 6.07) is 6.01. The highest BCUT2D eigenvalue weighted by molar-refractivity contribution is 7.99. The molecule has 0 atom stereocenters. The molecule has 6 nitrogen and oxygen atoms in total. The van der Waals surface area contributed by atoms with E-state index in [0.29, 0.717) is 5.16 Å². The van der Waals surface area contributed by atoms with Crippen molar-refractivity contribution in [3.63, 3.8) is 0 Å². The van der Waals surface area contributed by atoms with Crippen LogP contribution in [0.1, 0.15) is 32.2 Å². The van der Waals surface area contributed by atoms with Crippen LogP contribution in [0.25, 0.3) is 10.9 Å². The van der Waals surface area contributed by atoms with Gasteiger partial charge in [-0.3, -0.25) is 0 Å². The fourth-order valence-corrected chi connectivity index (χ4v) is 3.17. The molecule has 22 heavy (non-hydrogen) atoms. The number of nitrogen functional groups attached to an aromatic ring is 1. The normalized spacial score (nSPS) is 12.0. The Hall–Kier alpha value is -2.15. The van der Waals surface area contributed by atoms with Crippen LogP contribution in [-0.4, -0.2) is 24.8 Å². The minimum Gasteiger partial charge on any atom is -0.336 e. The van der Waals surface area contributed by atoms with Gasteiger partial charge in [-0.2, -0.15) is 0 Å². The fourth-order valence-electron chi connectivity index (χ4n) is 2.27. The van der Waals surface area contributed by atoms with E-state index in [1.54, 1.807) is 6.33 Å². The Kier molecular flexibility index (Phi) is 3.52. The van der Waals surface area contributed by atoms with Gasteiger partial charge in [0.25, 0.3) is 0 Å². The van der Waals surface area contributed by atoms with E-state index in [1.807, 2.05) is 25.1 Å². The minimum absolute atomic E-state index is 0.162. The lowest BCUT2D eigenvalue weighted by Crippen LogP contribution is -2.24. The first-order chi connectivity index (χ1) is 10.4. The van der Waals surface area contributed by atoms with Crippen molar-refractivity contribution in [1.82, 2.24) is 24.8 Å². The molecule has 2 N–H and O–H groups in total. The molecule has 0 radical (unpaired) electrons. The van der Waals surface area contributed by atoms with Crippen molar-refractivity contribution in [1.29, 1.82) is 0 Å². The molecule has 0 aliphatic rings. The smallest absolute Gasteiger partial charge is 0.216 e. The van der Waals surface area contributed by atoms with Gasteiger partial charge < -0.3 is 5.84 Å². The fraction of sp³-hybridized carbons (Fsp3) is 0.333. The third kappa shape index (κ3) is 2.52. The number of hydrogen-bond acceptors (Lipinski definition) is 6. The van der Waals surface area contributed by atoms with Crippen LogP contribution < -0.4 is 5.84 Å². The summed E-state index contributed by atoms with van der Waals surface area (Å²) in [7, 11) is 0. The van der Waals surface area contributed by atoms with Crippen molar-refractivity contribution in [2.75, 3.05) is 5.84 Å². The van der Waals surface area contributed by atoms with E-state index in [9.17, 15) is 0 Å². The van der Waals surface area contributed by atoms with Crippen molar-refractivity contribution in [2.45, 2.75) is 43.3 Å². The SMILES string of the molecule is Cc1cccc2ncnc(Sc3nnc(C(C)(C)C)n3N)c12. The molecule has 7 heteroatoms. The van der Waals surface area contributed by atoms with Gasteiger partial charge in [0.15, 0.2) is 5.82 Å². The van der Waals surface area contributed by atoms with E-state index in [0.717, 1.165) is 27.3 Å². The zero-order chi connectivity index (χ0) is 15.9. The van der Waals surface area contributed by atoms with Crippen molar-refractivity contribution >= 4 is 22.7 Å². The molecule has 0 amide bonds. The highest BCUT2D eigenvalue weighted by atomic mass is 32.2. The average molecular weight is 314 g/mol. The third-order valence-electron chi connectivity index (χ3n) is 3.36. The highest BCUT2D eigenvalue weighted by Crippen LogP contribution is 2.32. The second kappa shape index (κ2) is 5.24. The molecular formula is C15H18N6S. The molecule has 0 fully saturated rings. The summed E-state index contributed by atoms with van der Waals surface area (Å²) in [5.41, 5.74) is 1.88. The summed E-state index contributed by atoms with van der Waals surface area (Å²) >= 11 is 1.41. The maximum Gasteiger partial charge on any atom is 0.216 e. The quantitative estimate of drug-likeness (QED) is 0.578. The summed E-state index contributed by atoms with van der Waals surface area (Å²) in [6.45, 7) is 8.21. The third-order valence-corrected chi connectivity index (χ3v) is 4.32. The van der Waals surface area contributed by atoms with Crippen molar-refractivity contribution in [3.05, 3.63) is 35.9 Å². The monoisotopic (exact) mass is 314 g/mol. The van der Waals surface area contributed by atoms with Gasteiger partial charge in [-0.15, -0.1) is 10.2 Å². The van der Waals surface area contributed by atoms with E-state index in [1.165, 1.54) is 16.4 Å². The predicted molar refractivity (Wildman–Crippen MR) is 87.3 cm³/mol. The van der Waals surface area contributed by atoms with Crippen LogP contribution in [0, 0.1) is 6.92 Å². The van der Waals surface area contributed by atoms with Crippen LogP contribution in [0.15, 0.2) is 34.7 Å². The summed E-state index contributed by atoms with van der Waals surface area (Å²) in [4.78, 5) is 8.70. The first-order valence-corrected chi connectivity index (χ1v) is 7.78. The number of aryl methyl sites for hydroxylation is 1. The number of aromatic nitrogens is 5. The second-order valence-corrected chi connectivity index (χ2v) is 7.13. The predicted octanol–water partition coefficient (Wildman–Crippen LogP) is 2.69. The molecule has 0 saturated heterocycles. The molecule has 3 aromatic rings. The van der Waals surface area contributed by atoms with E-state index < -0.39 is 0 Å². The van der Waals surface area contributed by atoms with Gasteiger partial charge >= 0.3 is 0 Å². The van der Waals surface area contributed by atoms with Gasteiger partial charge in [-0.1, -0.05) is 32.9 Å². The zero-order valence-electron chi connectivity index (χ0n) is 13.0. The number of benzene rings is 1. The first-order valence-electron chi connectivity index (χ1n) is 6.97. The molecular weight excluding hydrogens is 296 g/mol. The lowest BCUT2D eigenvalue weighted by atomic mass is 9.96. The van der Waals surface area contributed by atoms with Gasteiger partial charge in [-0.25, -0.2) is 14.6 Å². The second-order valence-electron chi connectivity index (χ2n) is 6.18. The molecule has 1 aromatic carbocycles. The van der Waals surface area contributed by atoms with Crippen LogP contribution in [0.5, 0.6) is 0 Å². The number of nitrogens with two attached hydrogens (primary N) is 1. The van der Waals surface area contributed by atoms with E-state index in [2.05, 4.69) is 40.9 Å². The molecule has 0 spiro atoms. The van der Waals surface area contributed by atoms with Gasteiger partial charge in [0, 0.05) is 10.8 Å². The van der Waals surface area contributed by atoms with Crippen LogP contribution in [0.4, 0.5) is 0 Å². The Morgan fingerprint density at radius 1 is 1.14 bits per heavy atom. The Balaban J connectivity index is 2.07. The molecule has 2 heterocycles. The van der Waals surface area contributed by atoms with E-state index >= 15 is 0 Å². The molecule has 2 aromatic heterocycles. The van der Waals surface area contributed by atoms with Crippen molar-refractivity contribution < 1.29 is 0 Å². The lowest BCUT2D eigenvalue weighted by molar-refractivity contribution is 0.523. The molecule has 0 aliphatic heterocycles. The van der Waals surface area contributed by atoms with E-state index in [4.69, 9.17) is 5.84 Å². The minimum atomic E-state index is -0.162. The Labute approximate surface area is 133 Å². The Morgan fingerprint density at radius 3 is 2.59 bits per heavy atom. The molecule has 114 valence electrons. The van der Waals surface area contributed by atoms with E-state index in [-0.39, 0.29) is 5.41 Å². The molecule has 3 rings (SSSR count). The van der Waals surface area contributed by atoms with Gasteiger partial charge in [-0.05, 0) is 30.3 Å². The summed E-state index contributed by atoms with van der Waals surface area (Å²) in [5.74, 6) is 6.89. The topological polar surface area (TPSA) is 82.5 Å². The van der Waals surface area contributed by atoms with Crippen molar-refractivity contribution in [3.8, 4) is 0 Å². The molecule has 0 aliphatic carbocycles. The zero-order valence-corrected chi connectivity index (χ0v) is 13.8. The Bertz CT molecular complexity index is 828. The summed E-state index contributed by atoms with van der Waals surface area (Å²) in [6.07, 6.45) is 1.56. The van der Waals surface area contributed by atoms with Gasteiger partial charge in [0.05, 0.1) is 5.52 Å². The Morgan fingerprint density at radius 2 is 1.91 bits per heavy atom. The van der Waals surface area contributed by atoms with Crippen LogP contribution in [0.3, 0.4) is 0 Å². The number of rotatable bonds is 2. The highest BCUT2D eigenvalue weighted by Gasteiger charge is 2.23. The maximum absolute atomic E-state index is 6.15. The van der Waals surface area contributed by atoms with Crippen LogP contribution in [-0.2, 0) is 5.41 Å². The van der Waals surface area contributed by atoms with Gasteiger partial charge in [0.2, 0.25) is 5.16 Å². The summed E-state index contributed by atoms with van der Waals surface area (Å²) < 4.78 is 1.54. The largest absolute Gasteiger partial charge is 0.336 e. The number of fused-ring (bicyclic) bond motifs is 1. The maximum atomic E-state index is 6.15. The standard InChI is InChI=1S/C15H18N6S/c1-9-6-5-7-10-11(9)12(18-8-17-10)22-14-20-19-13(21(14)16)15(2,3)4/h5-8H,16H2,1-4H3. The van der Waals surface area contributed by atoms with Crippen LogP contribution >= 0.6 is 11.8 Å².